The van der Waals surface area contributed by atoms with Crippen LogP contribution in [0.1, 0.15) is 5.56 Å². The van der Waals surface area contributed by atoms with E-state index in [-0.39, 0.29) is 18.3 Å². The lowest BCUT2D eigenvalue weighted by Gasteiger charge is -2.19. The molecular weight excluding hydrogens is 380 g/mol. The van der Waals surface area contributed by atoms with E-state index in [0.717, 1.165) is 17.7 Å². The molecule has 1 heterocycles. The molecule has 0 unspecified atom stereocenters. The van der Waals surface area contributed by atoms with Crippen LogP contribution in [0.3, 0.4) is 0 Å². The molecule has 1 aliphatic heterocycles. The van der Waals surface area contributed by atoms with E-state index in [0.29, 0.717) is 23.7 Å². The Kier molecular flexibility index (Phi) is 5.93. The van der Waals surface area contributed by atoms with Crippen LogP contribution in [0.2, 0.25) is 0 Å². The van der Waals surface area contributed by atoms with E-state index in [1.807, 2.05) is 24.3 Å². The van der Waals surface area contributed by atoms with Crippen molar-refractivity contribution in [3.8, 4) is 11.5 Å². The zero-order chi connectivity index (χ0) is 20.1. The fourth-order valence-corrected chi connectivity index (χ4v) is 4.48. The predicted molar refractivity (Wildman–Crippen MR) is 111 cm³/mol. The average Bonchev–Trinajstić information content (AvgIpc) is 3.12. The Bertz CT molecular complexity index is 976. The number of benzene rings is 2. The number of ether oxygens (including phenoxy) is 2. The first kappa shape index (κ1) is 19.8. The second-order valence-corrected chi connectivity index (χ2v) is 8.24. The van der Waals surface area contributed by atoms with Gasteiger partial charge in [0.1, 0.15) is 0 Å². The molecule has 0 fully saturated rings. The number of aliphatic imine (C=N–C) groups is 1. The molecule has 0 saturated carbocycles. The topological polar surface area (TPSA) is 106 Å². The number of guanidine groups is 1. The fourth-order valence-electron chi connectivity index (χ4n) is 3.09. The molecule has 0 saturated heterocycles. The first-order valence-corrected chi connectivity index (χ1v) is 10.4. The summed E-state index contributed by atoms with van der Waals surface area (Å²) in [4.78, 5) is 4.14. The highest BCUT2D eigenvalue weighted by Gasteiger charge is 2.28. The number of nitrogens with two attached hydrogens (primary N) is 1. The molecule has 0 bridgehead atoms. The van der Waals surface area contributed by atoms with Gasteiger partial charge in [0.05, 0.1) is 32.2 Å². The number of hydrogen-bond acceptors (Lipinski definition) is 5. The number of fused-ring (bicyclic) bond motifs is 1. The molecule has 150 valence electrons. The molecule has 0 amide bonds. The van der Waals surface area contributed by atoms with E-state index in [1.54, 1.807) is 32.4 Å². The van der Waals surface area contributed by atoms with Gasteiger partial charge in [0.25, 0.3) is 0 Å². The first-order chi connectivity index (χ1) is 13.4. The van der Waals surface area contributed by atoms with Crippen LogP contribution in [0.25, 0.3) is 0 Å². The minimum absolute atomic E-state index is 0.0626. The molecule has 3 N–H and O–H groups in total. The molecule has 28 heavy (non-hydrogen) atoms. The summed E-state index contributed by atoms with van der Waals surface area (Å²) < 4.78 is 37.2. The number of sulfonamides is 1. The SMILES string of the molecule is COc1ccc(NC(N)=NCCS(=O)(=O)N2CCc3ccccc32)cc1OC. The Balaban J connectivity index is 1.61. The Morgan fingerprint density at radius 2 is 1.93 bits per heavy atom. The van der Waals surface area contributed by atoms with Gasteiger partial charge in [0.2, 0.25) is 10.0 Å². The number of nitrogens with zero attached hydrogens (tertiary/aromatic N) is 2. The first-order valence-electron chi connectivity index (χ1n) is 8.82. The van der Waals surface area contributed by atoms with Crippen molar-refractivity contribution in [2.45, 2.75) is 6.42 Å². The van der Waals surface area contributed by atoms with Crippen LogP contribution in [0.4, 0.5) is 11.4 Å². The van der Waals surface area contributed by atoms with Crippen molar-refractivity contribution in [1.82, 2.24) is 0 Å². The van der Waals surface area contributed by atoms with Gasteiger partial charge < -0.3 is 20.5 Å². The van der Waals surface area contributed by atoms with Crippen molar-refractivity contribution in [3.05, 3.63) is 48.0 Å². The molecule has 9 heteroatoms. The lowest BCUT2D eigenvalue weighted by molar-refractivity contribution is 0.355. The molecule has 0 radical (unpaired) electrons. The highest BCUT2D eigenvalue weighted by molar-refractivity contribution is 7.92. The Morgan fingerprint density at radius 1 is 1.18 bits per heavy atom. The third-order valence-corrected chi connectivity index (χ3v) is 6.22. The molecule has 2 aromatic carbocycles. The maximum absolute atomic E-state index is 12.7. The number of methoxy groups -OCH3 is 2. The zero-order valence-electron chi connectivity index (χ0n) is 15.9. The van der Waals surface area contributed by atoms with Gasteiger partial charge in [-0.15, -0.1) is 0 Å². The number of anilines is 2. The highest BCUT2D eigenvalue weighted by Crippen LogP contribution is 2.30. The molecule has 8 nitrogen and oxygen atoms in total. The molecule has 0 aliphatic carbocycles. The van der Waals surface area contributed by atoms with Crippen LogP contribution in [-0.4, -0.2) is 47.4 Å². The van der Waals surface area contributed by atoms with Crippen molar-refractivity contribution >= 4 is 27.4 Å². The van der Waals surface area contributed by atoms with Crippen LogP contribution in [0.15, 0.2) is 47.5 Å². The Morgan fingerprint density at radius 3 is 2.68 bits per heavy atom. The summed E-state index contributed by atoms with van der Waals surface area (Å²) in [5.74, 6) is 1.16. The minimum Gasteiger partial charge on any atom is -0.493 e. The van der Waals surface area contributed by atoms with Gasteiger partial charge in [-0.1, -0.05) is 18.2 Å². The molecule has 0 aromatic heterocycles. The van der Waals surface area contributed by atoms with Gasteiger partial charge in [-0.25, -0.2) is 8.42 Å². The number of rotatable bonds is 7. The molecule has 3 rings (SSSR count). The lowest BCUT2D eigenvalue weighted by Crippen LogP contribution is -2.33. The molecule has 2 aromatic rings. The van der Waals surface area contributed by atoms with Gasteiger partial charge in [0.15, 0.2) is 17.5 Å². The molecule has 1 aliphatic rings. The van der Waals surface area contributed by atoms with Crippen LogP contribution in [0.5, 0.6) is 11.5 Å². The molecular formula is C19H24N4O4S. The van der Waals surface area contributed by atoms with E-state index in [1.165, 1.54) is 4.31 Å². The van der Waals surface area contributed by atoms with Gasteiger partial charge in [0, 0.05) is 18.3 Å². The predicted octanol–water partition coefficient (Wildman–Crippen LogP) is 1.82. The van der Waals surface area contributed by atoms with E-state index in [9.17, 15) is 8.42 Å². The van der Waals surface area contributed by atoms with Gasteiger partial charge in [-0.05, 0) is 30.2 Å². The second kappa shape index (κ2) is 8.39. The highest BCUT2D eigenvalue weighted by atomic mass is 32.2. The second-order valence-electron chi connectivity index (χ2n) is 6.23. The zero-order valence-corrected chi connectivity index (χ0v) is 16.7. The van der Waals surface area contributed by atoms with E-state index in [4.69, 9.17) is 15.2 Å². The van der Waals surface area contributed by atoms with Crippen LogP contribution in [-0.2, 0) is 16.4 Å². The third kappa shape index (κ3) is 4.30. The van der Waals surface area contributed by atoms with Crippen LogP contribution < -0.4 is 24.8 Å². The van der Waals surface area contributed by atoms with Crippen molar-refractivity contribution in [3.63, 3.8) is 0 Å². The molecule has 0 spiro atoms. The molecule has 0 atom stereocenters. The third-order valence-electron chi connectivity index (χ3n) is 4.47. The Hall–Kier alpha value is -2.94. The number of nitrogens with one attached hydrogen (secondary N) is 1. The maximum atomic E-state index is 12.7. The summed E-state index contributed by atoms with van der Waals surface area (Å²) in [7, 11) is -0.358. The lowest BCUT2D eigenvalue weighted by atomic mass is 10.2. The van der Waals surface area contributed by atoms with Crippen LogP contribution >= 0.6 is 0 Å². The Labute approximate surface area is 165 Å². The number of para-hydroxylation sites is 1. The van der Waals surface area contributed by atoms with E-state index >= 15 is 0 Å². The van der Waals surface area contributed by atoms with Crippen LogP contribution in [0, 0.1) is 0 Å². The maximum Gasteiger partial charge on any atom is 0.237 e. The summed E-state index contributed by atoms with van der Waals surface area (Å²) in [6.07, 6.45) is 0.724. The summed E-state index contributed by atoms with van der Waals surface area (Å²) in [6.45, 7) is 0.526. The van der Waals surface area contributed by atoms with Gasteiger partial charge in [-0.2, -0.15) is 0 Å². The normalized spacial score (nSPS) is 13.9. The van der Waals surface area contributed by atoms with Gasteiger partial charge >= 0.3 is 0 Å². The summed E-state index contributed by atoms with van der Waals surface area (Å²) in [5, 5.41) is 2.92. The minimum atomic E-state index is -3.46. The van der Waals surface area contributed by atoms with E-state index in [2.05, 4.69) is 10.3 Å². The van der Waals surface area contributed by atoms with Crippen molar-refractivity contribution in [1.29, 1.82) is 0 Å². The van der Waals surface area contributed by atoms with Gasteiger partial charge in [-0.3, -0.25) is 9.30 Å². The summed E-state index contributed by atoms with van der Waals surface area (Å²) >= 11 is 0. The van der Waals surface area contributed by atoms with Crippen molar-refractivity contribution in [2.24, 2.45) is 10.7 Å². The number of hydrogen-bond donors (Lipinski definition) is 2. The quantitative estimate of drug-likeness (QED) is 0.539. The largest absolute Gasteiger partial charge is 0.493 e. The standard InChI is InChI=1S/C19H24N4O4S/c1-26-17-8-7-15(13-18(17)27-2)22-19(20)21-10-12-28(24,25)23-11-9-14-5-3-4-6-16(14)23/h3-8,13H,9-12H2,1-2H3,(H3,20,21,22). The van der Waals surface area contributed by atoms with Crippen molar-refractivity contribution < 1.29 is 17.9 Å². The average molecular weight is 404 g/mol. The smallest absolute Gasteiger partial charge is 0.237 e. The van der Waals surface area contributed by atoms with Crippen molar-refractivity contribution in [2.75, 3.05) is 42.7 Å². The van der Waals surface area contributed by atoms with E-state index < -0.39 is 10.0 Å². The monoisotopic (exact) mass is 404 g/mol. The fraction of sp³-hybridized carbons (Fsp3) is 0.316. The summed E-state index contributed by atoms with van der Waals surface area (Å²) in [5.41, 5.74) is 8.35. The summed E-state index contributed by atoms with van der Waals surface area (Å²) in [6, 6.07) is 12.8.